The van der Waals surface area contributed by atoms with Crippen molar-refractivity contribution in [2.24, 2.45) is 0 Å². The van der Waals surface area contributed by atoms with Crippen LogP contribution in [-0.4, -0.2) is 23.3 Å². The maximum Gasteiger partial charge on any atom is 0.339 e. The van der Waals surface area contributed by atoms with E-state index in [9.17, 15) is 9.18 Å². The Morgan fingerprint density at radius 2 is 2.22 bits per heavy atom. The van der Waals surface area contributed by atoms with Crippen LogP contribution in [0.1, 0.15) is 10.4 Å². The second-order valence-electron chi connectivity index (χ2n) is 3.46. The third-order valence-electron chi connectivity index (χ3n) is 2.29. The van der Waals surface area contributed by atoms with Gasteiger partial charge in [-0.15, -0.1) is 0 Å². The molecular formula is C11H9FN2O4. The summed E-state index contributed by atoms with van der Waals surface area (Å²) in [7, 11) is 1.19. The van der Waals surface area contributed by atoms with Gasteiger partial charge in [-0.3, -0.25) is 0 Å². The highest BCUT2D eigenvalue weighted by molar-refractivity contribution is 5.92. The number of aromatic carboxylic acids is 1. The van der Waals surface area contributed by atoms with Crippen molar-refractivity contribution in [3.8, 4) is 17.1 Å². The molecule has 0 aliphatic rings. The molecule has 1 heterocycles. The second kappa shape index (κ2) is 4.36. The van der Waals surface area contributed by atoms with E-state index >= 15 is 0 Å². The first-order chi connectivity index (χ1) is 8.52. The lowest BCUT2D eigenvalue weighted by Crippen LogP contribution is -2.03. The first kappa shape index (κ1) is 11.9. The van der Waals surface area contributed by atoms with Crippen molar-refractivity contribution in [3.63, 3.8) is 0 Å². The van der Waals surface area contributed by atoms with E-state index in [0.717, 1.165) is 6.07 Å². The number of ether oxygens (including phenoxy) is 1. The molecule has 18 heavy (non-hydrogen) atoms. The van der Waals surface area contributed by atoms with Gasteiger partial charge in [-0.1, -0.05) is 5.16 Å². The lowest BCUT2D eigenvalue weighted by Gasteiger charge is -2.07. The molecule has 2 aromatic rings. The number of nitrogen functional groups attached to an aromatic ring is 1. The number of carbonyl (C=O) groups is 1. The summed E-state index contributed by atoms with van der Waals surface area (Å²) in [5, 5.41) is 12.4. The number of anilines is 1. The molecule has 3 N–H and O–H groups in total. The minimum Gasteiger partial charge on any atom is -0.493 e. The Morgan fingerprint density at radius 3 is 2.72 bits per heavy atom. The van der Waals surface area contributed by atoms with Crippen molar-refractivity contribution in [1.82, 2.24) is 5.16 Å². The van der Waals surface area contributed by atoms with Gasteiger partial charge in [0, 0.05) is 11.6 Å². The van der Waals surface area contributed by atoms with E-state index < -0.39 is 11.8 Å². The zero-order chi connectivity index (χ0) is 13.3. The Hall–Kier alpha value is -2.57. The fourth-order valence-corrected chi connectivity index (χ4v) is 1.53. The molecule has 94 valence electrons. The van der Waals surface area contributed by atoms with E-state index in [0.29, 0.717) is 0 Å². The van der Waals surface area contributed by atoms with Crippen molar-refractivity contribution >= 4 is 11.8 Å². The molecule has 2 rings (SSSR count). The van der Waals surface area contributed by atoms with Crippen LogP contribution in [0.2, 0.25) is 0 Å². The molecule has 0 bridgehead atoms. The van der Waals surface area contributed by atoms with Crippen LogP contribution < -0.4 is 10.5 Å². The van der Waals surface area contributed by atoms with Crippen LogP contribution in [0.5, 0.6) is 5.75 Å². The van der Waals surface area contributed by atoms with Crippen LogP contribution in [0.25, 0.3) is 11.3 Å². The molecule has 0 saturated carbocycles. The number of hydrogen-bond donors (Lipinski definition) is 2. The Labute approximate surface area is 101 Å². The lowest BCUT2D eigenvalue weighted by molar-refractivity contribution is 0.0692. The molecule has 0 spiro atoms. The van der Waals surface area contributed by atoms with Crippen LogP contribution in [0, 0.1) is 5.82 Å². The highest BCUT2D eigenvalue weighted by atomic mass is 19.1. The molecule has 0 saturated heterocycles. The summed E-state index contributed by atoms with van der Waals surface area (Å²) in [6.45, 7) is 0. The van der Waals surface area contributed by atoms with Gasteiger partial charge in [0.1, 0.15) is 5.56 Å². The number of nitrogens with zero attached hydrogens (tertiary/aromatic N) is 1. The largest absolute Gasteiger partial charge is 0.493 e. The van der Waals surface area contributed by atoms with Gasteiger partial charge in [-0.2, -0.15) is 0 Å². The summed E-state index contributed by atoms with van der Waals surface area (Å²) in [5.41, 5.74) is 5.28. The molecule has 6 nitrogen and oxygen atoms in total. The Bertz CT molecular complexity index is 609. The summed E-state index contributed by atoms with van der Waals surface area (Å²) in [6.07, 6.45) is 0. The Morgan fingerprint density at radius 1 is 1.50 bits per heavy atom. The number of halogens is 1. The zero-order valence-electron chi connectivity index (χ0n) is 9.31. The van der Waals surface area contributed by atoms with Gasteiger partial charge in [0.2, 0.25) is 0 Å². The van der Waals surface area contributed by atoms with Crippen molar-refractivity contribution in [2.45, 2.75) is 0 Å². The molecule has 0 atom stereocenters. The molecule has 1 aromatic carbocycles. The zero-order valence-corrected chi connectivity index (χ0v) is 9.31. The third kappa shape index (κ3) is 1.97. The standard InChI is InChI=1S/C11H9FN2O4/c1-17-10-6(11(15)16)2-5(3-7(10)12)8-4-9(13)14-18-8/h2-4H,1H3,(H2,13,14)(H,15,16). The van der Waals surface area contributed by atoms with Crippen molar-refractivity contribution in [2.75, 3.05) is 12.8 Å². The molecule has 0 unspecified atom stereocenters. The predicted octanol–water partition coefficient (Wildman–Crippen LogP) is 1.77. The van der Waals surface area contributed by atoms with Gasteiger partial charge in [-0.05, 0) is 12.1 Å². The minimum atomic E-state index is -1.31. The maximum absolute atomic E-state index is 13.7. The molecule has 0 fully saturated rings. The second-order valence-corrected chi connectivity index (χ2v) is 3.46. The van der Waals surface area contributed by atoms with Gasteiger partial charge >= 0.3 is 5.97 Å². The summed E-state index contributed by atoms with van der Waals surface area (Å²) in [6, 6.07) is 3.68. The minimum absolute atomic E-state index is 0.123. The topological polar surface area (TPSA) is 98.6 Å². The van der Waals surface area contributed by atoms with Crippen LogP contribution in [0.4, 0.5) is 10.2 Å². The Kier molecular flexibility index (Phi) is 2.88. The number of methoxy groups -OCH3 is 1. The predicted molar refractivity (Wildman–Crippen MR) is 59.8 cm³/mol. The van der Waals surface area contributed by atoms with Crippen molar-refractivity contribution in [3.05, 3.63) is 29.6 Å². The number of carboxylic acids is 1. The summed E-state index contributed by atoms with van der Waals surface area (Å²) in [5.74, 6) is -2.14. The average molecular weight is 252 g/mol. The van der Waals surface area contributed by atoms with E-state index in [-0.39, 0.29) is 28.5 Å². The number of carboxylic acid groups (broad SMARTS) is 1. The molecule has 1 aromatic heterocycles. The first-order valence-corrected chi connectivity index (χ1v) is 4.86. The van der Waals surface area contributed by atoms with Crippen molar-refractivity contribution < 1.29 is 23.6 Å². The number of rotatable bonds is 3. The SMILES string of the molecule is COc1c(F)cc(-c2cc(N)no2)cc1C(=O)O. The Balaban J connectivity index is 2.61. The smallest absolute Gasteiger partial charge is 0.339 e. The molecular weight excluding hydrogens is 243 g/mol. The number of aromatic nitrogens is 1. The van der Waals surface area contributed by atoms with Gasteiger partial charge < -0.3 is 20.1 Å². The van der Waals surface area contributed by atoms with Gasteiger partial charge in [0.15, 0.2) is 23.1 Å². The van der Waals surface area contributed by atoms with E-state index in [4.69, 9.17) is 20.1 Å². The molecule has 0 aliphatic carbocycles. The number of nitrogens with two attached hydrogens (primary N) is 1. The number of hydrogen-bond acceptors (Lipinski definition) is 5. The lowest BCUT2D eigenvalue weighted by atomic mass is 10.1. The van der Waals surface area contributed by atoms with Crippen LogP contribution in [0.3, 0.4) is 0 Å². The monoisotopic (exact) mass is 252 g/mol. The first-order valence-electron chi connectivity index (χ1n) is 4.86. The fourth-order valence-electron chi connectivity index (χ4n) is 1.53. The van der Waals surface area contributed by atoms with Gasteiger partial charge in [0.25, 0.3) is 0 Å². The fraction of sp³-hybridized carbons (Fsp3) is 0.0909. The van der Waals surface area contributed by atoms with Crippen LogP contribution in [-0.2, 0) is 0 Å². The van der Waals surface area contributed by atoms with E-state index in [1.54, 1.807) is 0 Å². The average Bonchev–Trinajstić information content (AvgIpc) is 2.74. The van der Waals surface area contributed by atoms with Crippen LogP contribution >= 0.6 is 0 Å². The normalized spacial score (nSPS) is 10.3. The molecule has 0 amide bonds. The highest BCUT2D eigenvalue weighted by Gasteiger charge is 2.19. The van der Waals surface area contributed by atoms with Gasteiger partial charge in [0.05, 0.1) is 7.11 Å². The third-order valence-corrected chi connectivity index (χ3v) is 2.29. The molecule has 0 radical (unpaired) electrons. The van der Waals surface area contributed by atoms with E-state index in [1.807, 2.05) is 0 Å². The van der Waals surface area contributed by atoms with E-state index in [2.05, 4.69) is 5.16 Å². The maximum atomic E-state index is 13.7. The summed E-state index contributed by atoms with van der Waals surface area (Å²) < 4.78 is 23.2. The quantitative estimate of drug-likeness (QED) is 0.863. The van der Waals surface area contributed by atoms with Crippen LogP contribution in [0.15, 0.2) is 22.7 Å². The van der Waals surface area contributed by atoms with Crippen molar-refractivity contribution in [1.29, 1.82) is 0 Å². The molecule has 7 heteroatoms. The van der Waals surface area contributed by atoms with E-state index in [1.165, 1.54) is 19.2 Å². The summed E-state index contributed by atoms with van der Waals surface area (Å²) in [4.78, 5) is 11.0. The highest BCUT2D eigenvalue weighted by Crippen LogP contribution is 2.30. The van der Waals surface area contributed by atoms with Gasteiger partial charge in [-0.25, -0.2) is 9.18 Å². The summed E-state index contributed by atoms with van der Waals surface area (Å²) >= 11 is 0. The number of benzene rings is 1. The molecule has 0 aliphatic heterocycles.